The van der Waals surface area contributed by atoms with Crippen LogP contribution in [-0.2, 0) is 0 Å². The van der Waals surface area contributed by atoms with Crippen LogP contribution in [-0.4, -0.2) is 28.2 Å². The highest BCUT2D eigenvalue weighted by atomic mass is 16.6. The van der Waals surface area contributed by atoms with Crippen LogP contribution >= 0.6 is 0 Å². The monoisotopic (exact) mass is 357 g/mol. The molecule has 2 unspecified atom stereocenters. The third kappa shape index (κ3) is 4.21. The summed E-state index contributed by atoms with van der Waals surface area (Å²) in [4.78, 5) is 22.3. The predicted molar refractivity (Wildman–Crippen MR) is 95.4 cm³/mol. The van der Waals surface area contributed by atoms with Crippen molar-refractivity contribution >= 4 is 17.4 Å². The smallest absolute Gasteiger partial charge is 0.319 e. The number of carbonyl (C=O) groups is 1. The Morgan fingerprint density at radius 2 is 1.96 bits per heavy atom. The Morgan fingerprint density at radius 3 is 2.65 bits per heavy atom. The molecule has 8 heteroatoms. The molecule has 0 spiro atoms. The Kier molecular flexibility index (Phi) is 5.21. The SMILES string of the molecule is O=C(Nc1ccc([N+](=O)[O-])cc1O)NC1CCCC1Oc1ccccc1. The van der Waals surface area contributed by atoms with E-state index in [4.69, 9.17) is 4.74 Å². The minimum absolute atomic E-state index is 0.103. The first kappa shape index (κ1) is 17.5. The first-order chi connectivity index (χ1) is 12.5. The fourth-order valence-corrected chi connectivity index (χ4v) is 2.97. The highest BCUT2D eigenvalue weighted by Gasteiger charge is 2.30. The van der Waals surface area contributed by atoms with Crippen molar-refractivity contribution in [2.75, 3.05) is 5.32 Å². The van der Waals surface area contributed by atoms with Crippen LogP contribution in [0.5, 0.6) is 11.5 Å². The van der Waals surface area contributed by atoms with E-state index in [0.29, 0.717) is 0 Å². The molecule has 26 heavy (non-hydrogen) atoms. The Balaban J connectivity index is 1.59. The lowest BCUT2D eigenvalue weighted by Gasteiger charge is -2.22. The molecular formula is C18H19N3O5. The topological polar surface area (TPSA) is 114 Å². The van der Waals surface area contributed by atoms with Gasteiger partial charge >= 0.3 is 6.03 Å². The molecule has 0 saturated heterocycles. The molecule has 2 atom stereocenters. The van der Waals surface area contributed by atoms with Crippen molar-refractivity contribution in [3.63, 3.8) is 0 Å². The van der Waals surface area contributed by atoms with Crippen LogP contribution in [0.15, 0.2) is 48.5 Å². The Hall–Kier alpha value is -3.29. The number of nitro groups is 1. The number of nitro benzene ring substituents is 1. The van der Waals surface area contributed by atoms with Gasteiger partial charge in [0.15, 0.2) is 0 Å². The number of urea groups is 1. The number of amides is 2. The molecule has 1 aliphatic carbocycles. The van der Waals surface area contributed by atoms with Crippen LogP contribution in [0.4, 0.5) is 16.2 Å². The van der Waals surface area contributed by atoms with Gasteiger partial charge in [-0.1, -0.05) is 18.2 Å². The van der Waals surface area contributed by atoms with Gasteiger partial charge in [0.05, 0.1) is 22.7 Å². The van der Waals surface area contributed by atoms with E-state index in [2.05, 4.69) is 10.6 Å². The van der Waals surface area contributed by atoms with Gasteiger partial charge < -0.3 is 20.5 Å². The number of non-ortho nitro benzene ring substituents is 1. The lowest BCUT2D eigenvalue weighted by Crippen LogP contribution is -2.44. The fourth-order valence-electron chi connectivity index (χ4n) is 2.97. The largest absolute Gasteiger partial charge is 0.506 e. The Labute approximate surface area is 149 Å². The summed E-state index contributed by atoms with van der Waals surface area (Å²) < 4.78 is 5.94. The zero-order valence-electron chi connectivity index (χ0n) is 13.9. The van der Waals surface area contributed by atoms with Crippen molar-refractivity contribution in [2.24, 2.45) is 0 Å². The summed E-state index contributed by atoms with van der Waals surface area (Å²) >= 11 is 0. The summed E-state index contributed by atoms with van der Waals surface area (Å²) in [6.07, 6.45) is 2.43. The number of nitrogens with zero attached hydrogens (tertiary/aromatic N) is 1. The molecule has 0 radical (unpaired) electrons. The van der Waals surface area contributed by atoms with E-state index in [-0.39, 0.29) is 29.3 Å². The van der Waals surface area contributed by atoms with Gasteiger partial charge in [-0.3, -0.25) is 10.1 Å². The summed E-state index contributed by atoms with van der Waals surface area (Å²) in [5.74, 6) is 0.387. The van der Waals surface area contributed by atoms with Gasteiger partial charge in [-0.2, -0.15) is 0 Å². The molecule has 136 valence electrons. The zero-order valence-corrected chi connectivity index (χ0v) is 13.9. The van der Waals surface area contributed by atoms with E-state index in [1.165, 1.54) is 12.1 Å². The van der Waals surface area contributed by atoms with Crippen LogP contribution in [0.3, 0.4) is 0 Å². The number of aromatic hydroxyl groups is 1. The number of hydrogen-bond acceptors (Lipinski definition) is 5. The maximum absolute atomic E-state index is 12.2. The molecule has 3 rings (SSSR count). The number of benzene rings is 2. The minimum atomic E-state index is -0.617. The Morgan fingerprint density at radius 1 is 1.19 bits per heavy atom. The highest BCUT2D eigenvalue weighted by Crippen LogP contribution is 2.28. The molecule has 8 nitrogen and oxygen atoms in total. The molecule has 2 amide bonds. The molecular weight excluding hydrogens is 338 g/mol. The maximum atomic E-state index is 12.2. The van der Waals surface area contributed by atoms with Crippen LogP contribution < -0.4 is 15.4 Å². The molecule has 0 bridgehead atoms. The standard InChI is InChI=1S/C18H19N3O5/c22-16-11-12(21(24)25)9-10-14(16)19-18(23)20-15-7-4-8-17(15)26-13-5-2-1-3-6-13/h1-3,5-6,9-11,15,17,22H,4,7-8H2,(H2,19,20,23). The van der Waals surface area contributed by atoms with Gasteiger partial charge in [0.25, 0.3) is 5.69 Å². The van der Waals surface area contributed by atoms with Crippen molar-refractivity contribution in [1.29, 1.82) is 0 Å². The van der Waals surface area contributed by atoms with E-state index >= 15 is 0 Å². The predicted octanol–water partition coefficient (Wildman–Crippen LogP) is 3.42. The van der Waals surface area contributed by atoms with Crippen molar-refractivity contribution in [3.8, 4) is 11.5 Å². The molecule has 3 N–H and O–H groups in total. The van der Waals surface area contributed by atoms with Gasteiger partial charge in [0.1, 0.15) is 17.6 Å². The van der Waals surface area contributed by atoms with E-state index in [1.807, 2.05) is 30.3 Å². The second-order valence-corrected chi connectivity index (χ2v) is 6.06. The van der Waals surface area contributed by atoms with Crippen molar-refractivity contribution < 1.29 is 19.6 Å². The third-order valence-corrected chi connectivity index (χ3v) is 4.24. The average molecular weight is 357 g/mol. The summed E-state index contributed by atoms with van der Waals surface area (Å²) in [7, 11) is 0. The molecule has 1 aliphatic rings. The van der Waals surface area contributed by atoms with Gasteiger partial charge in [0, 0.05) is 6.07 Å². The van der Waals surface area contributed by atoms with Gasteiger partial charge in [-0.15, -0.1) is 0 Å². The van der Waals surface area contributed by atoms with Crippen molar-refractivity contribution in [2.45, 2.75) is 31.4 Å². The third-order valence-electron chi connectivity index (χ3n) is 4.24. The van der Waals surface area contributed by atoms with Gasteiger partial charge in [0.2, 0.25) is 0 Å². The molecule has 1 fully saturated rings. The van der Waals surface area contributed by atoms with Gasteiger partial charge in [-0.25, -0.2) is 4.79 Å². The number of carbonyl (C=O) groups excluding carboxylic acids is 1. The second-order valence-electron chi connectivity index (χ2n) is 6.06. The summed E-state index contributed by atoms with van der Waals surface area (Å²) in [6, 6.07) is 12.3. The zero-order chi connectivity index (χ0) is 18.5. The summed E-state index contributed by atoms with van der Waals surface area (Å²) in [6.45, 7) is 0. The molecule has 2 aromatic rings. The lowest BCUT2D eigenvalue weighted by atomic mass is 10.2. The minimum Gasteiger partial charge on any atom is -0.506 e. The van der Waals surface area contributed by atoms with E-state index < -0.39 is 11.0 Å². The second kappa shape index (κ2) is 7.73. The van der Waals surface area contributed by atoms with Crippen LogP contribution in [0.2, 0.25) is 0 Å². The number of nitrogens with one attached hydrogen (secondary N) is 2. The first-order valence-corrected chi connectivity index (χ1v) is 8.29. The maximum Gasteiger partial charge on any atom is 0.319 e. The number of para-hydroxylation sites is 1. The number of ether oxygens (including phenoxy) is 1. The number of hydrogen-bond donors (Lipinski definition) is 3. The molecule has 0 aliphatic heterocycles. The van der Waals surface area contributed by atoms with E-state index in [0.717, 1.165) is 31.1 Å². The summed E-state index contributed by atoms with van der Waals surface area (Å²) in [5, 5.41) is 25.9. The van der Waals surface area contributed by atoms with E-state index in [1.54, 1.807) is 0 Å². The van der Waals surface area contributed by atoms with Gasteiger partial charge in [-0.05, 0) is 37.5 Å². The van der Waals surface area contributed by atoms with Crippen molar-refractivity contribution in [3.05, 3.63) is 58.6 Å². The first-order valence-electron chi connectivity index (χ1n) is 8.29. The number of phenolic OH excluding ortho intramolecular Hbond substituents is 1. The fraction of sp³-hybridized carbons (Fsp3) is 0.278. The molecule has 0 aromatic heterocycles. The number of anilines is 1. The highest BCUT2D eigenvalue weighted by molar-refractivity contribution is 5.91. The Bertz CT molecular complexity index is 797. The normalized spacial score (nSPS) is 18.9. The van der Waals surface area contributed by atoms with E-state index in [9.17, 15) is 20.0 Å². The quantitative estimate of drug-likeness (QED) is 0.431. The molecule has 1 saturated carbocycles. The van der Waals surface area contributed by atoms with Crippen LogP contribution in [0, 0.1) is 10.1 Å². The average Bonchev–Trinajstić information content (AvgIpc) is 3.04. The van der Waals surface area contributed by atoms with Crippen LogP contribution in [0.1, 0.15) is 19.3 Å². The summed E-state index contributed by atoms with van der Waals surface area (Å²) in [5.41, 5.74) is -0.146. The number of phenols is 1. The van der Waals surface area contributed by atoms with Crippen LogP contribution in [0.25, 0.3) is 0 Å². The molecule has 0 heterocycles. The molecule has 2 aromatic carbocycles. The van der Waals surface area contributed by atoms with Crippen molar-refractivity contribution in [1.82, 2.24) is 5.32 Å². The lowest BCUT2D eigenvalue weighted by molar-refractivity contribution is -0.384. The number of rotatable bonds is 5.